The third-order valence-corrected chi connectivity index (χ3v) is 5.90. The Morgan fingerprint density at radius 1 is 1.17 bits per heavy atom. The van der Waals surface area contributed by atoms with Crippen molar-refractivity contribution in [3.63, 3.8) is 0 Å². The standard InChI is InChI=1S/C22H24BrN5O/c1-5-28-21-17(12-25-28)19-15(10-13(2)11-16(19)22(29)27(21)4)8-9-24-18-7-6-14(3)26-20(18)23/h6-7,10-12,24H,5,8-9H2,1-4H3. The van der Waals surface area contributed by atoms with Crippen LogP contribution in [0, 0.1) is 13.8 Å². The van der Waals surface area contributed by atoms with Gasteiger partial charge >= 0.3 is 0 Å². The SMILES string of the molecule is CCn1ncc2c3c(CCNc4ccc(C)nc4Br)cc(C)cc3c(=O)n(C)c21. The molecule has 150 valence electrons. The first kappa shape index (κ1) is 19.6. The average molecular weight is 454 g/mol. The number of rotatable bonds is 5. The van der Waals surface area contributed by atoms with Crippen molar-refractivity contribution in [2.24, 2.45) is 7.05 Å². The van der Waals surface area contributed by atoms with Gasteiger partial charge in [-0.1, -0.05) is 11.6 Å². The fraction of sp³-hybridized carbons (Fsp3) is 0.318. The molecule has 0 bridgehead atoms. The van der Waals surface area contributed by atoms with Gasteiger partial charge in [-0.05, 0) is 66.9 Å². The van der Waals surface area contributed by atoms with E-state index in [1.807, 2.05) is 56.9 Å². The van der Waals surface area contributed by atoms with Crippen molar-refractivity contribution >= 4 is 43.4 Å². The second kappa shape index (κ2) is 7.63. The molecule has 0 radical (unpaired) electrons. The maximum absolute atomic E-state index is 13.1. The largest absolute Gasteiger partial charge is 0.383 e. The summed E-state index contributed by atoms with van der Waals surface area (Å²) in [6.45, 7) is 7.50. The maximum atomic E-state index is 13.1. The van der Waals surface area contributed by atoms with Crippen LogP contribution in [0.3, 0.4) is 0 Å². The van der Waals surface area contributed by atoms with E-state index in [0.717, 1.165) is 68.4 Å². The van der Waals surface area contributed by atoms with Crippen LogP contribution in [0.2, 0.25) is 0 Å². The van der Waals surface area contributed by atoms with Gasteiger partial charge in [0.05, 0.1) is 11.9 Å². The number of halogens is 1. The van der Waals surface area contributed by atoms with Crippen LogP contribution in [0.15, 0.2) is 39.9 Å². The Hall–Kier alpha value is -2.67. The van der Waals surface area contributed by atoms with Gasteiger partial charge in [-0.3, -0.25) is 9.36 Å². The Bertz CT molecular complexity index is 1290. The summed E-state index contributed by atoms with van der Waals surface area (Å²) < 4.78 is 4.41. The lowest BCUT2D eigenvalue weighted by molar-refractivity contribution is 0.659. The summed E-state index contributed by atoms with van der Waals surface area (Å²) in [4.78, 5) is 17.5. The highest BCUT2D eigenvalue weighted by Crippen LogP contribution is 2.28. The molecule has 0 spiro atoms. The zero-order valence-corrected chi connectivity index (χ0v) is 18.7. The van der Waals surface area contributed by atoms with Crippen molar-refractivity contribution in [2.75, 3.05) is 11.9 Å². The summed E-state index contributed by atoms with van der Waals surface area (Å²) in [6, 6.07) is 8.17. The van der Waals surface area contributed by atoms with Crippen LogP contribution >= 0.6 is 15.9 Å². The molecule has 0 aliphatic heterocycles. The first-order valence-electron chi connectivity index (χ1n) is 9.75. The highest BCUT2D eigenvalue weighted by molar-refractivity contribution is 9.10. The maximum Gasteiger partial charge on any atom is 0.259 e. The highest BCUT2D eigenvalue weighted by Gasteiger charge is 2.16. The first-order chi connectivity index (χ1) is 13.9. The molecule has 29 heavy (non-hydrogen) atoms. The predicted molar refractivity (Wildman–Crippen MR) is 122 cm³/mol. The monoisotopic (exact) mass is 453 g/mol. The van der Waals surface area contributed by atoms with E-state index in [-0.39, 0.29) is 5.56 Å². The molecule has 4 aromatic rings. The zero-order chi connectivity index (χ0) is 20.7. The van der Waals surface area contributed by atoms with Crippen LogP contribution in [0.5, 0.6) is 0 Å². The lowest BCUT2D eigenvalue weighted by atomic mass is 9.98. The van der Waals surface area contributed by atoms with Crippen molar-refractivity contribution in [1.82, 2.24) is 19.3 Å². The number of anilines is 1. The molecule has 6 nitrogen and oxygen atoms in total. The van der Waals surface area contributed by atoms with Crippen LogP contribution in [0.25, 0.3) is 21.8 Å². The lowest BCUT2D eigenvalue weighted by Crippen LogP contribution is -2.20. The molecule has 0 fully saturated rings. The number of benzene rings is 1. The van der Waals surface area contributed by atoms with E-state index in [0.29, 0.717) is 0 Å². The minimum atomic E-state index is 0.0195. The Kier molecular flexibility index (Phi) is 5.17. The molecule has 0 amide bonds. The quantitative estimate of drug-likeness (QED) is 0.456. The number of nitrogens with zero attached hydrogens (tertiary/aromatic N) is 4. The smallest absolute Gasteiger partial charge is 0.259 e. The summed E-state index contributed by atoms with van der Waals surface area (Å²) in [5.41, 5.74) is 5.07. The minimum Gasteiger partial charge on any atom is -0.383 e. The molecule has 0 aliphatic carbocycles. The number of nitrogens with one attached hydrogen (secondary N) is 1. The molecule has 0 atom stereocenters. The second-order valence-corrected chi connectivity index (χ2v) is 8.13. The second-order valence-electron chi connectivity index (χ2n) is 7.38. The van der Waals surface area contributed by atoms with Crippen LogP contribution in [0.4, 0.5) is 5.69 Å². The van der Waals surface area contributed by atoms with Crippen molar-refractivity contribution in [2.45, 2.75) is 33.7 Å². The molecule has 1 N–H and O–H groups in total. The van der Waals surface area contributed by atoms with Crippen LogP contribution < -0.4 is 10.9 Å². The third-order valence-electron chi connectivity index (χ3n) is 5.30. The van der Waals surface area contributed by atoms with E-state index in [9.17, 15) is 4.79 Å². The van der Waals surface area contributed by atoms with E-state index in [2.05, 4.69) is 37.4 Å². The van der Waals surface area contributed by atoms with Gasteiger partial charge in [-0.25, -0.2) is 9.67 Å². The van der Waals surface area contributed by atoms with Crippen LogP contribution in [-0.4, -0.2) is 25.9 Å². The van der Waals surface area contributed by atoms with E-state index >= 15 is 0 Å². The molecule has 0 unspecified atom stereocenters. The minimum absolute atomic E-state index is 0.0195. The number of pyridine rings is 2. The topological polar surface area (TPSA) is 64.7 Å². The fourth-order valence-electron chi connectivity index (χ4n) is 3.95. The molecule has 0 aliphatic rings. The van der Waals surface area contributed by atoms with E-state index in [1.165, 1.54) is 0 Å². The predicted octanol–water partition coefficient (Wildman–Crippen LogP) is 4.34. The molecule has 7 heteroatoms. The number of hydrogen-bond acceptors (Lipinski definition) is 4. The van der Waals surface area contributed by atoms with E-state index in [1.54, 1.807) is 4.57 Å². The van der Waals surface area contributed by atoms with Crippen molar-refractivity contribution in [3.8, 4) is 0 Å². The van der Waals surface area contributed by atoms with Crippen molar-refractivity contribution in [1.29, 1.82) is 0 Å². The van der Waals surface area contributed by atoms with Gasteiger partial charge in [0.2, 0.25) is 0 Å². The number of aryl methyl sites for hydroxylation is 4. The highest BCUT2D eigenvalue weighted by atomic mass is 79.9. The van der Waals surface area contributed by atoms with Crippen LogP contribution in [0.1, 0.15) is 23.7 Å². The van der Waals surface area contributed by atoms with Gasteiger partial charge in [-0.15, -0.1) is 0 Å². The van der Waals surface area contributed by atoms with Gasteiger partial charge in [-0.2, -0.15) is 5.10 Å². The number of hydrogen-bond donors (Lipinski definition) is 1. The summed E-state index contributed by atoms with van der Waals surface area (Å²) in [5.74, 6) is 0. The van der Waals surface area contributed by atoms with Gasteiger partial charge < -0.3 is 5.32 Å². The summed E-state index contributed by atoms with van der Waals surface area (Å²) >= 11 is 3.52. The van der Waals surface area contributed by atoms with Crippen molar-refractivity contribution in [3.05, 3.63) is 62.2 Å². The molecule has 3 aromatic heterocycles. The van der Waals surface area contributed by atoms with Gasteiger partial charge in [0.1, 0.15) is 10.3 Å². The first-order valence-corrected chi connectivity index (χ1v) is 10.5. The molecular formula is C22H24BrN5O. The summed E-state index contributed by atoms with van der Waals surface area (Å²) in [7, 11) is 1.82. The molecule has 4 rings (SSSR count). The fourth-order valence-corrected chi connectivity index (χ4v) is 4.50. The Morgan fingerprint density at radius 3 is 2.69 bits per heavy atom. The average Bonchev–Trinajstić information content (AvgIpc) is 3.11. The molecule has 1 aromatic carbocycles. The third kappa shape index (κ3) is 3.44. The Balaban J connectivity index is 1.78. The summed E-state index contributed by atoms with van der Waals surface area (Å²) in [6.07, 6.45) is 2.67. The number of fused-ring (bicyclic) bond motifs is 3. The Labute approximate surface area is 177 Å². The van der Waals surface area contributed by atoms with Crippen LogP contribution in [-0.2, 0) is 20.0 Å². The van der Waals surface area contributed by atoms with E-state index in [4.69, 9.17) is 0 Å². The molecular weight excluding hydrogens is 430 g/mol. The summed E-state index contributed by atoms with van der Waals surface area (Å²) in [5, 5.41) is 10.7. The normalized spacial score (nSPS) is 11.5. The molecule has 0 saturated heterocycles. The van der Waals surface area contributed by atoms with Gasteiger partial charge in [0.15, 0.2) is 0 Å². The number of aromatic nitrogens is 4. The van der Waals surface area contributed by atoms with Gasteiger partial charge in [0, 0.05) is 42.0 Å². The molecule has 3 heterocycles. The van der Waals surface area contributed by atoms with E-state index < -0.39 is 0 Å². The Morgan fingerprint density at radius 2 is 1.97 bits per heavy atom. The zero-order valence-electron chi connectivity index (χ0n) is 17.1. The lowest BCUT2D eigenvalue weighted by Gasteiger charge is -2.14. The molecule has 0 saturated carbocycles. The van der Waals surface area contributed by atoms with Gasteiger partial charge in [0.25, 0.3) is 5.56 Å². The van der Waals surface area contributed by atoms with Crippen molar-refractivity contribution < 1.29 is 0 Å².